The van der Waals surface area contributed by atoms with Crippen molar-refractivity contribution in [1.82, 2.24) is 10.2 Å². The summed E-state index contributed by atoms with van der Waals surface area (Å²) in [6, 6.07) is 12.3. The maximum Gasteiger partial charge on any atom is 0.228 e. The molecule has 0 saturated heterocycles. The van der Waals surface area contributed by atoms with E-state index in [1.54, 1.807) is 0 Å². The highest BCUT2D eigenvalue weighted by atomic mass is 16.1. The molecule has 2 heterocycles. The van der Waals surface area contributed by atoms with E-state index in [0.717, 1.165) is 50.9 Å². The molecule has 25 heavy (non-hydrogen) atoms. The van der Waals surface area contributed by atoms with Crippen LogP contribution in [0.2, 0.25) is 0 Å². The zero-order valence-corrected chi connectivity index (χ0v) is 14.4. The summed E-state index contributed by atoms with van der Waals surface area (Å²) in [4.78, 5) is 14.5. The summed E-state index contributed by atoms with van der Waals surface area (Å²) in [6.45, 7) is 0.944. The van der Waals surface area contributed by atoms with E-state index in [1.165, 1.54) is 17.7 Å². The van der Waals surface area contributed by atoms with Crippen LogP contribution in [0.4, 0.5) is 17.3 Å². The second-order valence-electron chi connectivity index (χ2n) is 6.98. The Balaban J connectivity index is 1.46. The second-order valence-corrected chi connectivity index (χ2v) is 6.98. The Morgan fingerprint density at radius 3 is 2.64 bits per heavy atom. The number of benzene rings is 1. The maximum atomic E-state index is 12.3. The number of carbonyl (C=O) groups is 1. The van der Waals surface area contributed by atoms with Crippen molar-refractivity contribution in [2.45, 2.75) is 44.9 Å². The first kappa shape index (κ1) is 16.1. The number of fused-ring (bicyclic) bond motifs is 1. The summed E-state index contributed by atoms with van der Waals surface area (Å²) in [5.74, 6) is 1.60. The minimum atomic E-state index is 0.0880. The molecule has 2 aromatic rings. The Labute approximate surface area is 148 Å². The first-order chi connectivity index (χ1) is 12.3. The lowest BCUT2D eigenvalue weighted by Crippen LogP contribution is -2.27. The van der Waals surface area contributed by atoms with Gasteiger partial charge in [-0.3, -0.25) is 4.79 Å². The minimum absolute atomic E-state index is 0.0880. The summed E-state index contributed by atoms with van der Waals surface area (Å²) < 4.78 is 0. The third-order valence-electron chi connectivity index (χ3n) is 5.26. The number of para-hydroxylation sites is 1. The number of aryl methyl sites for hydroxylation is 1. The highest BCUT2D eigenvalue weighted by Crippen LogP contribution is 2.32. The van der Waals surface area contributed by atoms with Crippen molar-refractivity contribution in [3.05, 3.63) is 42.0 Å². The molecular weight excluding hydrogens is 312 g/mol. The molecule has 1 fully saturated rings. The zero-order valence-electron chi connectivity index (χ0n) is 14.4. The molecule has 0 unspecified atom stereocenters. The summed E-state index contributed by atoms with van der Waals surface area (Å²) in [5, 5.41) is 11.5. The number of amides is 1. The van der Waals surface area contributed by atoms with Crippen LogP contribution in [0.3, 0.4) is 0 Å². The van der Waals surface area contributed by atoms with Gasteiger partial charge in [-0.05, 0) is 49.4 Å². The number of carbonyl (C=O) groups excluding carboxylic acids is 1. The summed E-state index contributed by atoms with van der Waals surface area (Å²) in [6.07, 6.45) is 7.74. The van der Waals surface area contributed by atoms with Crippen LogP contribution in [-0.2, 0) is 11.2 Å². The molecule has 5 heteroatoms. The van der Waals surface area contributed by atoms with E-state index in [4.69, 9.17) is 0 Å². The molecule has 1 N–H and O–H groups in total. The highest BCUT2D eigenvalue weighted by molar-refractivity contribution is 5.91. The van der Waals surface area contributed by atoms with Crippen LogP contribution in [0.1, 0.15) is 44.1 Å². The predicted octanol–water partition coefficient (Wildman–Crippen LogP) is 4.08. The average Bonchev–Trinajstić information content (AvgIpc) is 2.69. The number of hydrogen-bond acceptors (Lipinski definition) is 4. The van der Waals surface area contributed by atoms with Gasteiger partial charge in [0, 0.05) is 18.2 Å². The van der Waals surface area contributed by atoms with Gasteiger partial charge in [-0.15, -0.1) is 10.2 Å². The number of anilines is 3. The van der Waals surface area contributed by atoms with Gasteiger partial charge in [0.25, 0.3) is 0 Å². The summed E-state index contributed by atoms with van der Waals surface area (Å²) in [7, 11) is 0. The normalized spacial score (nSPS) is 17.8. The fraction of sp³-hybridized carbons (Fsp3) is 0.450. The predicted molar refractivity (Wildman–Crippen MR) is 99.0 cm³/mol. The number of aromatic nitrogens is 2. The van der Waals surface area contributed by atoms with Crippen LogP contribution in [0.5, 0.6) is 0 Å². The molecule has 0 radical (unpaired) electrons. The number of hydrogen-bond donors (Lipinski definition) is 1. The van der Waals surface area contributed by atoms with E-state index in [1.807, 2.05) is 12.1 Å². The van der Waals surface area contributed by atoms with Crippen molar-refractivity contribution in [2.75, 3.05) is 16.8 Å². The van der Waals surface area contributed by atoms with Crippen molar-refractivity contribution in [3.63, 3.8) is 0 Å². The summed E-state index contributed by atoms with van der Waals surface area (Å²) >= 11 is 0. The molecule has 1 aliphatic heterocycles. The number of nitrogens with one attached hydrogen (secondary N) is 1. The van der Waals surface area contributed by atoms with Gasteiger partial charge < -0.3 is 10.2 Å². The van der Waals surface area contributed by atoms with Gasteiger partial charge in [-0.1, -0.05) is 37.5 Å². The lowest BCUT2D eigenvalue weighted by molar-refractivity contribution is -0.120. The van der Waals surface area contributed by atoms with Gasteiger partial charge in [0.15, 0.2) is 11.6 Å². The van der Waals surface area contributed by atoms with Crippen molar-refractivity contribution in [2.24, 2.45) is 5.92 Å². The van der Waals surface area contributed by atoms with Gasteiger partial charge in [0.1, 0.15) is 0 Å². The van der Waals surface area contributed by atoms with Gasteiger partial charge in [0.2, 0.25) is 5.91 Å². The molecular formula is C20H24N4O. The smallest absolute Gasteiger partial charge is 0.228 e. The molecule has 0 bridgehead atoms. The van der Waals surface area contributed by atoms with E-state index in [0.29, 0.717) is 5.82 Å². The van der Waals surface area contributed by atoms with E-state index < -0.39 is 0 Å². The monoisotopic (exact) mass is 336 g/mol. The van der Waals surface area contributed by atoms with Gasteiger partial charge in [-0.25, -0.2) is 0 Å². The molecule has 1 amide bonds. The lowest BCUT2D eigenvalue weighted by Gasteiger charge is -2.30. The highest BCUT2D eigenvalue weighted by Gasteiger charge is 2.22. The molecule has 0 atom stereocenters. The molecule has 1 saturated carbocycles. The number of nitrogens with zero attached hydrogens (tertiary/aromatic N) is 3. The van der Waals surface area contributed by atoms with Gasteiger partial charge in [-0.2, -0.15) is 0 Å². The van der Waals surface area contributed by atoms with Gasteiger partial charge >= 0.3 is 0 Å². The van der Waals surface area contributed by atoms with Crippen molar-refractivity contribution in [3.8, 4) is 0 Å². The van der Waals surface area contributed by atoms with E-state index in [-0.39, 0.29) is 11.8 Å². The zero-order chi connectivity index (χ0) is 17.1. The molecule has 1 aromatic carbocycles. The van der Waals surface area contributed by atoms with Crippen LogP contribution in [-0.4, -0.2) is 22.6 Å². The van der Waals surface area contributed by atoms with E-state index >= 15 is 0 Å². The number of rotatable bonds is 3. The Morgan fingerprint density at radius 2 is 1.84 bits per heavy atom. The van der Waals surface area contributed by atoms with Crippen LogP contribution in [0.15, 0.2) is 36.4 Å². The second kappa shape index (κ2) is 7.21. The molecule has 130 valence electrons. The van der Waals surface area contributed by atoms with Gasteiger partial charge in [0.05, 0.1) is 0 Å². The molecule has 1 aliphatic carbocycles. The minimum Gasteiger partial charge on any atom is -0.325 e. The first-order valence-corrected chi connectivity index (χ1v) is 9.31. The van der Waals surface area contributed by atoms with E-state index in [2.05, 4.69) is 44.7 Å². The largest absolute Gasteiger partial charge is 0.325 e. The Hall–Kier alpha value is -2.43. The molecule has 0 spiro atoms. The quantitative estimate of drug-likeness (QED) is 0.917. The Bertz CT molecular complexity index is 738. The maximum absolute atomic E-state index is 12.3. The van der Waals surface area contributed by atoms with Crippen LogP contribution in [0, 0.1) is 5.92 Å². The van der Waals surface area contributed by atoms with Crippen LogP contribution < -0.4 is 10.2 Å². The molecule has 2 aliphatic rings. The average molecular weight is 336 g/mol. The van der Waals surface area contributed by atoms with Crippen molar-refractivity contribution < 1.29 is 4.79 Å². The lowest BCUT2D eigenvalue weighted by atomic mass is 9.89. The van der Waals surface area contributed by atoms with Crippen LogP contribution >= 0.6 is 0 Å². The summed E-state index contributed by atoms with van der Waals surface area (Å²) in [5.41, 5.74) is 2.56. The Kier molecular flexibility index (Phi) is 4.63. The standard InChI is InChI=1S/C20H24N4O/c25-20(16-8-2-1-3-9-16)21-18-12-13-19(23-22-18)24-14-6-10-15-7-4-5-11-17(15)24/h4-5,7,11-13,16H,1-3,6,8-10,14H2,(H,21,22,25). The van der Waals surface area contributed by atoms with Crippen LogP contribution in [0.25, 0.3) is 0 Å². The SMILES string of the molecule is O=C(Nc1ccc(N2CCCc3ccccc32)nn1)C1CCCCC1. The fourth-order valence-corrected chi connectivity index (χ4v) is 3.90. The third kappa shape index (κ3) is 3.50. The van der Waals surface area contributed by atoms with Crippen molar-refractivity contribution in [1.29, 1.82) is 0 Å². The molecule has 4 rings (SSSR count). The molecule has 1 aromatic heterocycles. The fourth-order valence-electron chi connectivity index (χ4n) is 3.90. The first-order valence-electron chi connectivity index (χ1n) is 9.31. The van der Waals surface area contributed by atoms with E-state index in [9.17, 15) is 4.79 Å². The Morgan fingerprint density at radius 1 is 1.00 bits per heavy atom. The third-order valence-corrected chi connectivity index (χ3v) is 5.26. The van der Waals surface area contributed by atoms with Crippen molar-refractivity contribution >= 4 is 23.2 Å². The molecule has 5 nitrogen and oxygen atoms in total. The topological polar surface area (TPSA) is 58.1 Å².